The van der Waals surface area contributed by atoms with Crippen molar-refractivity contribution in [1.29, 1.82) is 0 Å². The molecule has 0 spiro atoms. The number of hydrogen-bond donors (Lipinski definition) is 0. The van der Waals surface area contributed by atoms with Crippen molar-refractivity contribution >= 4 is 22.0 Å². The topological polar surface area (TPSA) is 46.8 Å². The molecule has 136 valence electrons. The summed E-state index contributed by atoms with van der Waals surface area (Å²) in [5.41, 5.74) is 2.54. The highest BCUT2D eigenvalue weighted by atomic mass is 32.1. The van der Waals surface area contributed by atoms with Gasteiger partial charge in [-0.25, -0.2) is 4.98 Å². The second-order valence-corrected chi connectivity index (χ2v) is 7.16. The molecule has 0 aliphatic heterocycles. The van der Waals surface area contributed by atoms with Crippen LogP contribution in [0, 0.1) is 6.92 Å². The summed E-state index contributed by atoms with van der Waals surface area (Å²) in [4.78, 5) is 19.8. The molecule has 0 radical (unpaired) electrons. The number of ether oxygens (including phenoxy) is 1. The first-order valence-corrected chi connectivity index (χ1v) is 9.49. The highest BCUT2D eigenvalue weighted by Crippen LogP contribution is 2.32. The second-order valence-electron chi connectivity index (χ2n) is 6.32. The summed E-state index contributed by atoms with van der Waals surface area (Å²) in [6, 6.07) is 19.1. The fourth-order valence-electron chi connectivity index (χ4n) is 2.98. The number of aromatic nitrogens is 2. The molecule has 4 aromatic rings. The summed E-state index contributed by atoms with van der Waals surface area (Å²) >= 11 is 1.48. The Kier molecular flexibility index (Phi) is 4.64. The van der Waals surface area contributed by atoms with E-state index in [-0.39, 0.29) is 5.56 Å². The van der Waals surface area contributed by atoms with E-state index < -0.39 is 0 Å². The van der Waals surface area contributed by atoms with Crippen LogP contribution in [0.1, 0.15) is 11.4 Å². The lowest BCUT2D eigenvalue weighted by Crippen LogP contribution is -2.21. The predicted molar refractivity (Wildman–Crippen MR) is 109 cm³/mol. The molecule has 0 amide bonds. The van der Waals surface area contributed by atoms with Crippen molar-refractivity contribution in [2.75, 3.05) is 11.9 Å². The second kappa shape index (κ2) is 7.25. The molecule has 0 fully saturated rings. The molecule has 0 saturated heterocycles. The van der Waals surface area contributed by atoms with E-state index in [1.165, 1.54) is 11.3 Å². The number of rotatable bonds is 5. The summed E-state index contributed by atoms with van der Waals surface area (Å²) < 4.78 is 7.68. The van der Waals surface area contributed by atoms with Crippen LogP contribution in [-0.4, -0.2) is 16.4 Å². The predicted octanol–water partition coefficient (Wildman–Crippen LogP) is 4.49. The van der Waals surface area contributed by atoms with Gasteiger partial charge in [0, 0.05) is 24.2 Å². The van der Waals surface area contributed by atoms with Gasteiger partial charge in [-0.2, -0.15) is 0 Å². The van der Waals surface area contributed by atoms with Gasteiger partial charge in [0.15, 0.2) is 10.7 Å². The molecule has 0 saturated carbocycles. The molecule has 0 unspecified atom stereocenters. The molecule has 0 aliphatic carbocycles. The lowest BCUT2D eigenvalue weighted by atomic mass is 10.2. The van der Waals surface area contributed by atoms with Gasteiger partial charge in [0.1, 0.15) is 5.75 Å². The molecule has 27 heavy (non-hydrogen) atoms. The van der Waals surface area contributed by atoms with Crippen LogP contribution in [0.5, 0.6) is 11.5 Å². The van der Waals surface area contributed by atoms with Gasteiger partial charge in [0.25, 0.3) is 5.56 Å². The fourth-order valence-corrected chi connectivity index (χ4v) is 3.88. The first-order chi connectivity index (χ1) is 13.1. The van der Waals surface area contributed by atoms with Crippen LogP contribution < -0.4 is 15.2 Å². The number of fused-ring (bicyclic) bond motifs is 1. The van der Waals surface area contributed by atoms with Gasteiger partial charge in [-0.15, -0.1) is 11.3 Å². The Morgan fingerprint density at radius 1 is 1.11 bits per heavy atom. The number of anilines is 1. The molecule has 0 N–H and O–H groups in total. The third-order valence-electron chi connectivity index (χ3n) is 4.28. The minimum absolute atomic E-state index is 0.0454. The molecule has 2 aromatic carbocycles. The molecular weight excluding hydrogens is 358 g/mol. The van der Waals surface area contributed by atoms with Gasteiger partial charge < -0.3 is 9.64 Å². The van der Waals surface area contributed by atoms with Crippen LogP contribution in [0.25, 0.3) is 4.96 Å². The van der Waals surface area contributed by atoms with E-state index in [4.69, 9.17) is 4.74 Å². The zero-order chi connectivity index (χ0) is 18.8. The van der Waals surface area contributed by atoms with Gasteiger partial charge in [-0.1, -0.05) is 30.3 Å². The number of nitrogens with zero attached hydrogens (tertiary/aromatic N) is 3. The lowest BCUT2D eigenvalue weighted by molar-refractivity contribution is 0.482. The van der Waals surface area contributed by atoms with Crippen LogP contribution >= 0.6 is 11.3 Å². The third kappa shape index (κ3) is 3.57. The number of para-hydroxylation sites is 3. The highest BCUT2D eigenvalue weighted by molar-refractivity contribution is 7.15. The van der Waals surface area contributed by atoms with E-state index in [2.05, 4.69) is 4.98 Å². The quantitative estimate of drug-likeness (QED) is 0.514. The summed E-state index contributed by atoms with van der Waals surface area (Å²) in [5, 5.41) is 1.94. The number of benzene rings is 2. The zero-order valence-corrected chi connectivity index (χ0v) is 15.9. The van der Waals surface area contributed by atoms with Crippen molar-refractivity contribution in [2.24, 2.45) is 0 Å². The van der Waals surface area contributed by atoms with E-state index in [1.54, 1.807) is 10.5 Å². The smallest absolute Gasteiger partial charge is 0.259 e. The summed E-state index contributed by atoms with van der Waals surface area (Å²) in [5.74, 6) is 1.54. The Hall–Kier alpha value is -3.12. The number of aryl methyl sites for hydroxylation is 1. The van der Waals surface area contributed by atoms with E-state index in [9.17, 15) is 4.79 Å². The molecular formula is C21H19N3O2S. The lowest BCUT2D eigenvalue weighted by Gasteiger charge is -2.22. The van der Waals surface area contributed by atoms with Gasteiger partial charge in [-0.05, 0) is 31.2 Å². The third-order valence-corrected chi connectivity index (χ3v) is 5.22. The Balaban J connectivity index is 1.62. The molecule has 0 aliphatic rings. The Morgan fingerprint density at radius 2 is 1.85 bits per heavy atom. The van der Waals surface area contributed by atoms with Crippen molar-refractivity contribution in [3.05, 3.63) is 87.8 Å². The van der Waals surface area contributed by atoms with Gasteiger partial charge in [-0.3, -0.25) is 9.20 Å². The first-order valence-electron chi connectivity index (χ1n) is 8.61. The molecule has 0 atom stereocenters. The van der Waals surface area contributed by atoms with Crippen LogP contribution in [0.15, 0.2) is 70.8 Å². The van der Waals surface area contributed by atoms with Crippen LogP contribution in [-0.2, 0) is 6.54 Å². The monoisotopic (exact) mass is 377 g/mol. The first kappa shape index (κ1) is 17.3. The van der Waals surface area contributed by atoms with Crippen molar-refractivity contribution < 1.29 is 4.74 Å². The van der Waals surface area contributed by atoms with Crippen LogP contribution in [0.2, 0.25) is 0 Å². The van der Waals surface area contributed by atoms with Crippen molar-refractivity contribution in [2.45, 2.75) is 13.5 Å². The fraction of sp³-hybridized carbons (Fsp3) is 0.143. The average Bonchev–Trinajstić information content (AvgIpc) is 3.04. The molecule has 2 heterocycles. The normalized spacial score (nSPS) is 10.9. The summed E-state index contributed by atoms with van der Waals surface area (Å²) in [6.07, 6.45) is 0. The maximum absolute atomic E-state index is 12.4. The number of thiazole rings is 1. The zero-order valence-electron chi connectivity index (χ0n) is 15.1. The van der Waals surface area contributed by atoms with Crippen LogP contribution in [0.4, 0.5) is 5.69 Å². The minimum atomic E-state index is -0.0454. The van der Waals surface area contributed by atoms with E-state index in [1.807, 2.05) is 78.8 Å². The maximum Gasteiger partial charge on any atom is 0.259 e. The minimum Gasteiger partial charge on any atom is -0.455 e. The van der Waals surface area contributed by atoms with E-state index in [0.717, 1.165) is 33.5 Å². The van der Waals surface area contributed by atoms with Crippen molar-refractivity contribution in [3.8, 4) is 11.5 Å². The van der Waals surface area contributed by atoms with Crippen molar-refractivity contribution in [3.63, 3.8) is 0 Å². The molecule has 0 bridgehead atoms. The molecule has 4 rings (SSSR count). The maximum atomic E-state index is 12.4. The Bertz CT molecular complexity index is 1140. The number of hydrogen-bond acceptors (Lipinski definition) is 5. The highest BCUT2D eigenvalue weighted by Gasteiger charge is 2.12. The molecule has 2 aromatic heterocycles. The Labute approximate surface area is 161 Å². The summed E-state index contributed by atoms with van der Waals surface area (Å²) in [6.45, 7) is 2.42. The van der Waals surface area contributed by atoms with E-state index >= 15 is 0 Å². The summed E-state index contributed by atoms with van der Waals surface area (Å²) in [7, 11) is 1.97. The largest absolute Gasteiger partial charge is 0.455 e. The van der Waals surface area contributed by atoms with E-state index in [0.29, 0.717) is 6.54 Å². The van der Waals surface area contributed by atoms with Crippen molar-refractivity contribution in [1.82, 2.24) is 9.38 Å². The van der Waals surface area contributed by atoms with Gasteiger partial charge in [0.2, 0.25) is 0 Å². The van der Waals surface area contributed by atoms with Gasteiger partial charge >= 0.3 is 0 Å². The SMILES string of the molecule is Cc1csc2nc(CN(C)c3ccccc3Oc3ccccc3)cc(=O)n12. The van der Waals surface area contributed by atoms with Gasteiger partial charge in [0.05, 0.1) is 17.9 Å². The molecule has 6 heteroatoms. The van der Waals surface area contributed by atoms with Crippen LogP contribution in [0.3, 0.4) is 0 Å². The average molecular weight is 377 g/mol. The Morgan fingerprint density at radius 3 is 2.67 bits per heavy atom. The molecule has 5 nitrogen and oxygen atoms in total. The standard InChI is InChI=1S/C21H19N3O2S/c1-15-14-27-21-22-16(12-20(25)24(15)21)13-23(2)18-10-6-7-11-19(18)26-17-8-4-3-5-9-17/h3-12,14H,13H2,1-2H3.